The second-order valence-corrected chi connectivity index (χ2v) is 31.7. The number of aliphatic hydroxyl groups excluding tert-OH is 1. The molecule has 0 saturated carbocycles. The molecule has 0 spiro atoms. The molecule has 5 atom stereocenters. The molecule has 0 aliphatic carbocycles. The van der Waals surface area contributed by atoms with Gasteiger partial charge in [-0.05, 0) is 116 Å². The smallest absolute Gasteiger partial charge is 0.462 e. The summed E-state index contributed by atoms with van der Waals surface area (Å²) in [5.74, 6) is -2.17. The highest BCUT2D eigenvalue weighted by Crippen LogP contribution is 2.45. The van der Waals surface area contributed by atoms with E-state index in [1.807, 2.05) is 0 Å². The van der Waals surface area contributed by atoms with Crippen LogP contribution in [-0.4, -0.2) is 96.7 Å². The molecule has 0 saturated heterocycles. The topological polar surface area (TPSA) is 237 Å². The number of carbonyl (C=O) groups is 4. The fourth-order valence-electron chi connectivity index (χ4n) is 11.9. The Kier molecular flexibility index (Phi) is 75.5. The molecule has 5 unspecified atom stereocenters. The van der Waals surface area contributed by atoms with Crippen LogP contribution in [-0.2, 0) is 65.4 Å². The zero-order chi connectivity index (χ0) is 76.0. The van der Waals surface area contributed by atoms with Gasteiger partial charge in [-0.15, -0.1) is 0 Å². The number of hydrogen-bond donors (Lipinski definition) is 3. The lowest BCUT2D eigenvalue weighted by Crippen LogP contribution is -2.30. The number of rotatable bonds is 81. The number of hydrogen-bond acceptors (Lipinski definition) is 15. The predicted molar refractivity (Wildman–Crippen MR) is 427 cm³/mol. The summed E-state index contributed by atoms with van der Waals surface area (Å²) >= 11 is 0. The van der Waals surface area contributed by atoms with Crippen LogP contribution in [0.2, 0.25) is 0 Å². The Morgan fingerprint density at radius 1 is 0.269 bits per heavy atom. The van der Waals surface area contributed by atoms with E-state index in [1.54, 1.807) is 0 Å². The predicted octanol–water partition coefficient (Wildman–Crippen LogP) is 25.0. The molecular formula is C85H156O17P2. The maximum absolute atomic E-state index is 13.1. The molecule has 0 heterocycles. The molecule has 608 valence electrons. The van der Waals surface area contributed by atoms with Gasteiger partial charge in [-0.2, -0.15) is 0 Å². The quantitative estimate of drug-likeness (QED) is 0.0169. The van der Waals surface area contributed by atoms with Gasteiger partial charge < -0.3 is 33.8 Å². The van der Waals surface area contributed by atoms with E-state index in [-0.39, 0.29) is 25.7 Å². The average molecular weight is 1510 g/mol. The summed E-state index contributed by atoms with van der Waals surface area (Å²) in [6.45, 7) is 4.91. The van der Waals surface area contributed by atoms with E-state index >= 15 is 0 Å². The van der Waals surface area contributed by atoms with Crippen LogP contribution in [0.25, 0.3) is 0 Å². The van der Waals surface area contributed by atoms with Crippen molar-refractivity contribution in [2.45, 2.75) is 418 Å². The lowest BCUT2D eigenvalue weighted by atomic mass is 10.0. The van der Waals surface area contributed by atoms with Crippen molar-refractivity contribution in [2.75, 3.05) is 39.6 Å². The maximum atomic E-state index is 13.1. The Labute approximate surface area is 635 Å². The summed E-state index contributed by atoms with van der Waals surface area (Å²) in [6, 6.07) is 0. The van der Waals surface area contributed by atoms with E-state index in [9.17, 15) is 43.2 Å². The molecule has 0 aromatic rings. The summed E-state index contributed by atoms with van der Waals surface area (Å²) in [5.41, 5.74) is 0. The molecule has 104 heavy (non-hydrogen) atoms. The minimum absolute atomic E-state index is 0.0881. The van der Waals surface area contributed by atoms with E-state index in [0.29, 0.717) is 25.7 Å². The molecule has 0 fully saturated rings. The number of allylic oxidation sites excluding steroid dienone is 10. The molecule has 0 aromatic carbocycles. The van der Waals surface area contributed by atoms with E-state index in [4.69, 9.17) is 37.0 Å². The normalized spacial score (nSPS) is 14.1. The fourth-order valence-corrected chi connectivity index (χ4v) is 13.5. The molecule has 0 amide bonds. The van der Waals surface area contributed by atoms with Crippen molar-refractivity contribution in [1.29, 1.82) is 0 Å². The highest BCUT2D eigenvalue weighted by molar-refractivity contribution is 7.47. The Morgan fingerprint density at radius 3 is 0.750 bits per heavy atom. The maximum Gasteiger partial charge on any atom is 0.472 e. The standard InChI is InChI=1S/C85H156O17P2/c1-5-9-13-17-21-25-29-33-37-38-39-40-44-46-50-54-58-62-66-70-83(88)96-76-81(102-85(90)72-68-64-60-56-52-48-43-36-32-28-24-20-16-12-8-4)78-100-104(93,94)98-74-79(86)73-97-103(91,92)99-77-80(101-84(89)71-67-63-59-55-51-47-42-35-31-27-23-19-15-11-7-3)75-95-82(87)69-65-61-57-53-49-45-41-34-30-26-22-18-14-10-6-2/h21,25,33-35,37,39-42,79-81,86H,5-20,22-24,26-32,36,38,43-78H2,1-4H3,(H,91,92)(H,93,94)/b25-21-,37-33-,40-39-,41-34-,42-35-. The molecule has 0 aromatic heterocycles. The first-order valence-corrected chi connectivity index (χ1v) is 45.5. The average Bonchev–Trinajstić information content (AvgIpc) is 0.918. The number of phosphoric acid groups is 2. The summed E-state index contributed by atoms with van der Waals surface area (Å²) in [6.07, 6.45) is 78.9. The van der Waals surface area contributed by atoms with Crippen LogP contribution in [0.3, 0.4) is 0 Å². The summed E-state index contributed by atoms with van der Waals surface area (Å²) in [7, 11) is -9.95. The summed E-state index contributed by atoms with van der Waals surface area (Å²) in [4.78, 5) is 73.2. The van der Waals surface area contributed by atoms with Gasteiger partial charge in [0.05, 0.1) is 26.4 Å². The molecule has 0 rings (SSSR count). The number of esters is 4. The third-order valence-corrected chi connectivity index (χ3v) is 20.4. The van der Waals surface area contributed by atoms with Crippen LogP contribution in [0.15, 0.2) is 60.8 Å². The van der Waals surface area contributed by atoms with Crippen LogP contribution in [0, 0.1) is 0 Å². The minimum Gasteiger partial charge on any atom is -0.462 e. The highest BCUT2D eigenvalue weighted by atomic mass is 31.2. The first-order chi connectivity index (χ1) is 50.7. The van der Waals surface area contributed by atoms with Gasteiger partial charge in [-0.3, -0.25) is 37.3 Å². The van der Waals surface area contributed by atoms with Gasteiger partial charge >= 0.3 is 39.5 Å². The Bertz CT molecular complexity index is 2200. The zero-order valence-electron chi connectivity index (χ0n) is 66.7. The Morgan fingerprint density at radius 2 is 0.471 bits per heavy atom. The second-order valence-electron chi connectivity index (χ2n) is 28.8. The summed E-state index contributed by atoms with van der Waals surface area (Å²) < 4.78 is 68.8. The van der Waals surface area contributed by atoms with Gasteiger partial charge in [0, 0.05) is 25.7 Å². The molecule has 0 bridgehead atoms. The lowest BCUT2D eigenvalue weighted by molar-refractivity contribution is -0.161. The fraction of sp³-hybridized carbons (Fsp3) is 0.835. The van der Waals surface area contributed by atoms with Gasteiger partial charge in [0.1, 0.15) is 19.3 Å². The van der Waals surface area contributed by atoms with E-state index < -0.39 is 97.5 Å². The Balaban J connectivity index is 5.34. The number of carbonyl (C=O) groups excluding carboxylic acids is 4. The molecule has 0 aliphatic heterocycles. The highest BCUT2D eigenvalue weighted by Gasteiger charge is 2.30. The third-order valence-electron chi connectivity index (χ3n) is 18.5. The third kappa shape index (κ3) is 76.9. The number of unbranched alkanes of at least 4 members (excludes halogenated alkanes) is 45. The lowest BCUT2D eigenvalue weighted by Gasteiger charge is -2.21. The van der Waals surface area contributed by atoms with Crippen LogP contribution in [0.1, 0.15) is 400 Å². The van der Waals surface area contributed by atoms with Crippen molar-refractivity contribution < 1.29 is 80.2 Å². The summed E-state index contributed by atoms with van der Waals surface area (Å²) in [5, 5.41) is 10.7. The zero-order valence-corrected chi connectivity index (χ0v) is 68.5. The van der Waals surface area contributed by atoms with Crippen molar-refractivity contribution in [3.63, 3.8) is 0 Å². The molecule has 19 heteroatoms. The van der Waals surface area contributed by atoms with Crippen LogP contribution in [0.5, 0.6) is 0 Å². The van der Waals surface area contributed by atoms with Crippen molar-refractivity contribution in [1.82, 2.24) is 0 Å². The molecule has 3 N–H and O–H groups in total. The van der Waals surface area contributed by atoms with Gasteiger partial charge in [0.25, 0.3) is 0 Å². The van der Waals surface area contributed by atoms with Gasteiger partial charge in [0.15, 0.2) is 12.2 Å². The molecular weight excluding hydrogens is 1350 g/mol. The van der Waals surface area contributed by atoms with Crippen molar-refractivity contribution in [2.24, 2.45) is 0 Å². The van der Waals surface area contributed by atoms with Gasteiger partial charge in [-0.25, -0.2) is 9.13 Å². The van der Waals surface area contributed by atoms with Gasteiger partial charge in [0.2, 0.25) is 0 Å². The number of phosphoric ester groups is 2. The minimum atomic E-state index is -4.98. The molecule has 17 nitrogen and oxygen atoms in total. The van der Waals surface area contributed by atoms with E-state index in [1.165, 1.54) is 161 Å². The first-order valence-electron chi connectivity index (χ1n) is 42.5. The second kappa shape index (κ2) is 77.9. The van der Waals surface area contributed by atoms with E-state index in [0.717, 1.165) is 161 Å². The van der Waals surface area contributed by atoms with Crippen molar-refractivity contribution >= 4 is 39.5 Å². The number of aliphatic hydroxyl groups is 1. The van der Waals surface area contributed by atoms with Gasteiger partial charge in [-0.1, -0.05) is 320 Å². The Hall–Kier alpha value is -3.24. The number of ether oxygens (including phenoxy) is 4. The van der Waals surface area contributed by atoms with Crippen molar-refractivity contribution in [3.05, 3.63) is 60.8 Å². The molecule has 0 radical (unpaired) electrons. The monoisotopic (exact) mass is 1510 g/mol. The van der Waals surface area contributed by atoms with Crippen LogP contribution >= 0.6 is 15.6 Å². The van der Waals surface area contributed by atoms with Crippen LogP contribution < -0.4 is 0 Å². The van der Waals surface area contributed by atoms with Crippen molar-refractivity contribution in [3.8, 4) is 0 Å². The molecule has 0 aliphatic rings. The van der Waals surface area contributed by atoms with E-state index in [2.05, 4.69) is 88.5 Å². The SMILES string of the molecule is CCCCC/C=C\C/C=C\C/C=C\CCCCCCCCC(=O)OCC(COP(=O)(O)OCC(O)COP(=O)(O)OCC(COC(=O)CCCCCCC/C=C\CCCCCCCC)OC(=O)CCCCCCC/C=C\CCCCCCCC)OC(=O)CCCCCCCCCCCCCCCCC. The van der Waals surface area contributed by atoms with Crippen LogP contribution in [0.4, 0.5) is 0 Å². The largest absolute Gasteiger partial charge is 0.472 e. The first kappa shape index (κ1) is 101.